The highest BCUT2D eigenvalue weighted by atomic mass is 79.9. The minimum absolute atomic E-state index is 0.570. The molecule has 0 saturated heterocycles. The number of fused-ring (bicyclic) bond motifs is 1. The zero-order chi connectivity index (χ0) is 14.7. The number of rotatable bonds is 4. The smallest absolute Gasteiger partial charge is 0.118 e. The number of hydrogen-bond donors (Lipinski definition) is 1. The van der Waals surface area contributed by atoms with Crippen LogP contribution < -0.4 is 10.1 Å². The van der Waals surface area contributed by atoms with Gasteiger partial charge in [0.15, 0.2) is 0 Å². The van der Waals surface area contributed by atoms with E-state index in [-0.39, 0.29) is 0 Å². The maximum absolute atomic E-state index is 5.19. The third kappa shape index (κ3) is 3.66. The maximum Gasteiger partial charge on any atom is 0.118 e. The largest absolute Gasteiger partial charge is 0.497 e. The van der Waals surface area contributed by atoms with Gasteiger partial charge in [0.1, 0.15) is 5.75 Å². The first-order valence-corrected chi connectivity index (χ1v) is 8.17. The van der Waals surface area contributed by atoms with Crippen LogP contribution in [0.2, 0.25) is 0 Å². The van der Waals surface area contributed by atoms with Crippen molar-refractivity contribution in [1.82, 2.24) is 5.32 Å². The Morgan fingerprint density at radius 1 is 1.14 bits per heavy atom. The van der Waals surface area contributed by atoms with E-state index in [2.05, 4.69) is 51.6 Å². The van der Waals surface area contributed by atoms with E-state index in [0.717, 1.165) is 25.1 Å². The summed E-state index contributed by atoms with van der Waals surface area (Å²) in [6.07, 6.45) is 3.49. The van der Waals surface area contributed by atoms with Crippen LogP contribution in [0.3, 0.4) is 0 Å². The number of benzene rings is 2. The Balaban J connectivity index is 1.58. The fourth-order valence-electron chi connectivity index (χ4n) is 2.90. The molecule has 2 aromatic carbocycles. The lowest BCUT2D eigenvalue weighted by Crippen LogP contribution is -2.34. The van der Waals surface area contributed by atoms with Crippen molar-refractivity contribution in [2.45, 2.75) is 31.8 Å². The molecule has 0 spiro atoms. The normalized spacial score (nSPS) is 17.3. The quantitative estimate of drug-likeness (QED) is 0.900. The number of ether oxygens (including phenoxy) is 1. The third-order valence-corrected chi connectivity index (χ3v) is 4.64. The van der Waals surface area contributed by atoms with Gasteiger partial charge in [-0.25, -0.2) is 0 Å². The molecule has 110 valence electrons. The van der Waals surface area contributed by atoms with Gasteiger partial charge in [-0.1, -0.05) is 34.1 Å². The van der Waals surface area contributed by atoms with E-state index >= 15 is 0 Å². The SMILES string of the molecule is COc1ccc(CNC2CCc3cc(Br)ccc3C2)cc1. The number of nitrogens with one attached hydrogen (secondary N) is 1. The average Bonchev–Trinajstić information content (AvgIpc) is 2.53. The lowest BCUT2D eigenvalue weighted by Gasteiger charge is -2.26. The highest BCUT2D eigenvalue weighted by Gasteiger charge is 2.18. The van der Waals surface area contributed by atoms with Gasteiger partial charge in [-0.05, 0) is 60.2 Å². The summed E-state index contributed by atoms with van der Waals surface area (Å²) < 4.78 is 6.37. The van der Waals surface area contributed by atoms with Gasteiger partial charge < -0.3 is 10.1 Å². The molecule has 3 rings (SSSR count). The molecule has 1 aliphatic carbocycles. The highest BCUT2D eigenvalue weighted by molar-refractivity contribution is 9.10. The molecule has 1 atom stereocenters. The molecular formula is C18H20BrNO. The Morgan fingerprint density at radius 3 is 2.71 bits per heavy atom. The second-order valence-corrected chi connectivity index (χ2v) is 6.50. The Hall–Kier alpha value is -1.32. The zero-order valence-electron chi connectivity index (χ0n) is 12.2. The minimum Gasteiger partial charge on any atom is -0.497 e. The van der Waals surface area contributed by atoms with Crippen LogP contribution in [-0.4, -0.2) is 13.2 Å². The second kappa shape index (κ2) is 6.63. The first kappa shape index (κ1) is 14.6. The first-order chi connectivity index (χ1) is 10.2. The molecule has 1 N–H and O–H groups in total. The Labute approximate surface area is 134 Å². The van der Waals surface area contributed by atoms with Crippen LogP contribution in [-0.2, 0) is 19.4 Å². The van der Waals surface area contributed by atoms with Gasteiger partial charge in [0.2, 0.25) is 0 Å². The predicted octanol–water partition coefficient (Wildman–Crippen LogP) is 4.10. The van der Waals surface area contributed by atoms with Crippen LogP contribution in [0.1, 0.15) is 23.1 Å². The molecule has 0 amide bonds. The van der Waals surface area contributed by atoms with E-state index in [0.29, 0.717) is 6.04 Å². The van der Waals surface area contributed by atoms with Crippen LogP contribution in [0.5, 0.6) is 5.75 Å². The molecule has 0 fully saturated rings. The molecule has 0 aliphatic heterocycles. The number of methoxy groups -OCH3 is 1. The Morgan fingerprint density at radius 2 is 1.95 bits per heavy atom. The molecule has 1 aliphatic rings. The highest BCUT2D eigenvalue weighted by Crippen LogP contribution is 2.25. The van der Waals surface area contributed by atoms with Crippen molar-refractivity contribution in [3.05, 3.63) is 63.6 Å². The first-order valence-electron chi connectivity index (χ1n) is 7.38. The van der Waals surface area contributed by atoms with Crippen molar-refractivity contribution in [3.8, 4) is 5.75 Å². The standard InChI is InChI=1S/C18H20BrNO/c1-21-18-8-2-13(3-9-18)12-20-17-7-5-14-10-16(19)6-4-15(14)11-17/h2-4,6,8-10,17,20H,5,7,11-12H2,1H3. The Kier molecular flexibility index (Phi) is 4.61. The van der Waals surface area contributed by atoms with Crippen LogP contribution in [0.4, 0.5) is 0 Å². The fourth-order valence-corrected chi connectivity index (χ4v) is 3.31. The van der Waals surface area contributed by atoms with Gasteiger partial charge in [-0.2, -0.15) is 0 Å². The van der Waals surface area contributed by atoms with Crippen molar-refractivity contribution >= 4 is 15.9 Å². The topological polar surface area (TPSA) is 21.3 Å². The average molecular weight is 346 g/mol. The van der Waals surface area contributed by atoms with Gasteiger partial charge in [0.05, 0.1) is 7.11 Å². The van der Waals surface area contributed by atoms with Crippen molar-refractivity contribution in [1.29, 1.82) is 0 Å². The van der Waals surface area contributed by atoms with Crippen molar-refractivity contribution in [3.63, 3.8) is 0 Å². The van der Waals surface area contributed by atoms with E-state index in [9.17, 15) is 0 Å². The van der Waals surface area contributed by atoms with Crippen molar-refractivity contribution in [2.24, 2.45) is 0 Å². The van der Waals surface area contributed by atoms with E-state index < -0.39 is 0 Å². The summed E-state index contributed by atoms with van der Waals surface area (Å²) in [6.45, 7) is 0.917. The summed E-state index contributed by atoms with van der Waals surface area (Å²) in [6, 6.07) is 15.5. The zero-order valence-corrected chi connectivity index (χ0v) is 13.8. The number of halogens is 1. The van der Waals surface area contributed by atoms with Crippen molar-refractivity contribution in [2.75, 3.05) is 7.11 Å². The van der Waals surface area contributed by atoms with Crippen molar-refractivity contribution < 1.29 is 4.74 Å². The molecule has 0 bridgehead atoms. The molecule has 0 aromatic heterocycles. The molecule has 0 heterocycles. The van der Waals surface area contributed by atoms with Gasteiger partial charge in [-0.15, -0.1) is 0 Å². The maximum atomic E-state index is 5.19. The van der Waals surface area contributed by atoms with Crippen LogP contribution >= 0.6 is 15.9 Å². The Bertz CT molecular complexity index is 609. The summed E-state index contributed by atoms with van der Waals surface area (Å²) in [5, 5.41) is 3.68. The molecule has 2 aromatic rings. The monoisotopic (exact) mass is 345 g/mol. The van der Waals surface area contributed by atoms with Crippen LogP contribution in [0.25, 0.3) is 0 Å². The number of aryl methyl sites for hydroxylation is 1. The molecular weight excluding hydrogens is 326 g/mol. The number of hydrogen-bond acceptors (Lipinski definition) is 2. The van der Waals surface area contributed by atoms with Gasteiger partial charge in [-0.3, -0.25) is 0 Å². The second-order valence-electron chi connectivity index (χ2n) is 5.58. The summed E-state index contributed by atoms with van der Waals surface area (Å²) in [7, 11) is 1.70. The molecule has 21 heavy (non-hydrogen) atoms. The lowest BCUT2D eigenvalue weighted by atomic mass is 9.88. The summed E-state index contributed by atoms with van der Waals surface area (Å²) in [5.41, 5.74) is 4.28. The van der Waals surface area contributed by atoms with E-state index in [4.69, 9.17) is 4.74 Å². The van der Waals surface area contributed by atoms with Gasteiger partial charge in [0.25, 0.3) is 0 Å². The lowest BCUT2D eigenvalue weighted by molar-refractivity contribution is 0.414. The summed E-state index contributed by atoms with van der Waals surface area (Å²) in [5.74, 6) is 0.913. The molecule has 2 nitrogen and oxygen atoms in total. The van der Waals surface area contributed by atoms with Gasteiger partial charge in [0, 0.05) is 17.1 Å². The van der Waals surface area contributed by atoms with Crippen LogP contribution in [0.15, 0.2) is 46.9 Å². The minimum atomic E-state index is 0.570. The molecule has 3 heteroatoms. The van der Waals surface area contributed by atoms with Gasteiger partial charge >= 0.3 is 0 Å². The van der Waals surface area contributed by atoms with E-state index in [1.54, 1.807) is 7.11 Å². The molecule has 0 radical (unpaired) electrons. The molecule has 0 saturated carbocycles. The summed E-state index contributed by atoms with van der Waals surface area (Å²) >= 11 is 3.55. The predicted molar refractivity (Wildman–Crippen MR) is 89.8 cm³/mol. The molecule has 1 unspecified atom stereocenters. The van der Waals surface area contributed by atoms with Crippen LogP contribution in [0, 0.1) is 0 Å². The summed E-state index contributed by atoms with van der Waals surface area (Å²) in [4.78, 5) is 0. The fraction of sp³-hybridized carbons (Fsp3) is 0.333. The third-order valence-electron chi connectivity index (χ3n) is 4.15. The van der Waals surface area contributed by atoms with E-state index in [1.807, 2.05) is 12.1 Å². The van der Waals surface area contributed by atoms with E-state index in [1.165, 1.54) is 27.6 Å².